The molecule has 22 heavy (non-hydrogen) atoms. The molecule has 2 rings (SSSR count). The third kappa shape index (κ3) is 3.91. The van der Waals surface area contributed by atoms with Gasteiger partial charge in [0.05, 0.1) is 19.2 Å². The molecular weight excluding hydrogens is 280 g/mol. The zero-order valence-electron chi connectivity index (χ0n) is 12.8. The van der Waals surface area contributed by atoms with Gasteiger partial charge in [0.25, 0.3) is 5.91 Å². The van der Waals surface area contributed by atoms with Crippen LogP contribution in [0.4, 0.5) is 5.69 Å². The van der Waals surface area contributed by atoms with Gasteiger partial charge in [0.15, 0.2) is 0 Å². The first-order chi connectivity index (χ1) is 10.6. The monoisotopic (exact) mass is 300 g/mol. The van der Waals surface area contributed by atoms with Crippen molar-refractivity contribution in [1.29, 1.82) is 0 Å². The van der Waals surface area contributed by atoms with E-state index in [0.717, 1.165) is 17.0 Å². The van der Waals surface area contributed by atoms with E-state index in [0.29, 0.717) is 24.5 Å². The van der Waals surface area contributed by atoms with Crippen LogP contribution in [0.25, 0.3) is 0 Å². The summed E-state index contributed by atoms with van der Waals surface area (Å²) in [5.41, 5.74) is 7.96. The molecule has 116 valence electrons. The van der Waals surface area contributed by atoms with Gasteiger partial charge in [-0.25, -0.2) is 0 Å². The summed E-state index contributed by atoms with van der Waals surface area (Å²) in [6.07, 6.45) is 0. The van der Waals surface area contributed by atoms with Crippen molar-refractivity contribution in [2.75, 3.05) is 26.0 Å². The van der Waals surface area contributed by atoms with Crippen molar-refractivity contribution < 1.29 is 14.3 Å². The summed E-state index contributed by atoms with van der Waals surface area (Å²) >= 11 is 0. The van der Waals surface area contributed by atoms with Crippen LogP contribution in [0.1, 0.15) is 15.9 Å². The van der Waals surface area contributed by atoms with E-state index in [1.54, 1.807) is 31.4 Å². The molecule has 5 nitrogen and oxygen atoms in total. The Labute approximate surface area is 130 Å². The van der Waals surface area contributed by atoms with Crippen LogP contribution in [-0.4, -0.2) is 26.2 Å². The molecule has 0 aromatic heterocycles. The minimum atomic E-state index is -0.186. The second kappa shape index (κ2) is 7.36. The van der Waals surface area contributed by atoms with E-state index in [9.17, 15) is 4.79 Å². The van der Waals surface area contributed by atoms with Crippen LogP contribution in [0.3, 0.4) is 0 Å². The SMILES string of the molecule is COc1ccccc1C(=O)NCCOc1ccc(N)c(C)c1. The highest BCUT2D eigenvalue weighted by Gasteiger charge is 2.10. The number of amides is 1. The van der Waals surface area contributed by atoms with Crippen molar-refractivity contribution in [3.8, 4) is 11.5 Å². The number of hydrogen-bond acceptors (Lipinski definition) is 4. The quantitative estimate of drug-likeness (QED) is 0.634. The number of ether oxygens (including phenoxy) is 2. The van der Waals surface area contributed by atoms with Crippen LogP contribution >= 0.6 is 0 Å². The summed E-state index contributed by atoms with van der Waals surface area (Å²) in [7, 11) is 1.54. The number of carbonyl (C=O) groups is 1. The van der Waals surface area contributed by atoms with Crippen LogP contribution in [0.5, 0.6) is 11.5 Å². The van der Waals surface area contributed by atoms with E-state index in [-0.39, 0.29) is 5.91 Å². The molecule has 0 fully saturated rings. The van der Waals surface area contributed by atoms with Gasteiger partial charge >= 0.3 is 0 Å². The van der Waals surface area contributed by atoms with Crippen molar-refractivity contribution in [3.63, 3.8) is 0 Å². The number of methoxy groups -OCH3 is 1. The molecule has 0 bridgehead atoms. The van der Waals surface area contributed by atoms with Crippen LogP contribution in [0, 0.1) is 6.92 Å². The van der Waals surface area contributed by atoms with Crippen LogP contribution < -0.4 is 20.5 Å². The van der Waals surface area contributed by atoms with E-state index in [2.05, 4.69) is 5.32 Å². The topological polar surface area (TPSA) is 73.6 Å². The third-order valence-electron chi connectivity index (χ3n) is 3.25. The smallest absolute Gasteiger partial charge is 0.255 e. The fraction of sp³-hybridized carbons (Fsp3) is 0.235. The van der Waals surface area contributed by atoms with Crippen molar-refractivity contribution in [3.05, 3.63) is 53.6 Å². The Balaban J connectivity index is 1.83. The molecule has 0 aliphatic heterocycles. The first-order valence-corrected chi connectivity index (χ1v) is 7.02. The van der Waals surface area contributed by atoms with Crippen molar-refractivity contribution in [2.45, 2.75) is 6.92 Å². The standard InChI is InChI=1S/C17H20N2O3/c1-12-11-13(7-8-15(12)18)22-10-9-19-17(20)14-5-3-4-6-16(14)21-2/h3-8,11H,9-10,18H2,1-2H3,(H,19,20). The van der Waals surface area contributed by atoms with Gasteiger partial charge in [-0.2, -0.15) is 0 Å². The van der Waals surface area contributed by atoms with Crippen molar-refractivity contribution in [1.82, 2.24) is 5.32 Å². The second-order valence-electron chi connectivity index (χ2n) is 4.82. The Hall–Kier alpha value is -2.69. The number of benzene rings is 2. The average Bonchev–Trinajstić information content (AvgIpc) is 2.54. The lowest BCUT2D eigenvalue weighted by Gasteiger charge is -2.10. The number of nitrogen functional groups attached to an aromatic ring is 1. The van der Waals surface area contributed by atoms with E-state index in [4.69, 9.17) is 15.2 Å². The highest BCUT2D eigenvalue weighted by molar-refractivity contribution is 5.96. The summed E-state index contributed by atoms with van der Waals surface area (Å²) in [4.78, 5) is 12.1. The number of nitrogens with one attached hydrogen (secondary N) is 1. The van der Waals surface area contributed by atoms with E-state index in [1.807, 2.05) is 25.1 Å². The van der Waals surface area contributed by atoms with Gasteiger partial charge in [-0.15, -0.1) is 0 Å². The lowest BCUT2D eigenvalue weighted by molar-refractivity contribution is 0.0944. The molecule has 2 aromatic carbocycles. The first-order valence-electron chi connectivity index (χ1n) is 7.02. The molecule has 5 heteroatoms. The minimum absolute atomic E-state index is 0.186. The Morgan fingerprint density at radius 3 is 2.73 bits per heavy atom. The fourth-order valence-corrected chi connectivity index (χ4v) is 2.00. The van der Waals surface area contributed by atoms with Gasteiger partial charge < -0.3 is 20.5 Å². The Morgan fingerprint density at radius 2 is 2.00 bits per heavy atom. The van der Waals surface area contributed by atoms with Gasteiger partial charge in [-0.1, -0.05) is 12.1 Å². The summed E-state index contributed by atoms with van der Waals surface area (Å²) < 4.78 is 10.7. The van der Waals surface area contributed by atoms with E-state index < -0.39 is 0 Å². The maximum Gasteiger partial charge on any atom is 0.255 e. The minimum Gasteiger partial charge on any atom is -0.496 e. The molecule has 0 aliphatic carbocycles. The summed E-state index contributed by atoms with van der Waals surface area (Å²) in [5.74, 6) is 1.10. The maximum absolute atomic E-state index is 12.1. The summed E-state index contributed by atoms with van der Waals surface area (Å²) in [6, 6.07) is 12.6. The van der Waals surface area contributed by atoms with Gasteiger partial charge in [0.2, 0.25) is 0 Å². The molecule has 0 aliphatic rings. The van der Waals surface area contributed by atoms with Crippen LogP contribution in [0.15, 0.2) is 42.5 Å². The molecule has 0 heterocycles. The number of nitrogens with two attached hydrogens (primary N) is 1. The lowest BCUT2D eigenvalue weighted by atomic mass is 10.2. The Morgan fingerprint density at radius 1 is 1.23 bits per heavy atom. The molecule has 0 saturated heterocycles. The van der Waals surface area contributed by atoms with Crippen molar-refractivity contribution >= 4 is 11.6 Å². The number of hydrogen-bond donors (Lipinski definition) is 2. The predicted octanol–water partition coefficient (Wildman–Crippen LogP) is 2.39. The van der Waals surface area contributed by atoms with Crippen molar-refractivity contribution in [2.24, 2.45) is 0 Å². The first kappa shape index (κ1) is 15.7. The third-order valence-corrected chi connectivity index (χ3v) is 3.25. The van der Waals surface area contributed by atoms with Gasteiger partial charge in [0.1, 0.15) is 18.1 Å². The maximum atomic E-state index is 12.1. The highest BCUT2D eigenvalue weighted by Crippen LogP contribution is 2.18. The number of rotatable bonds is 6. The molecule has 0 unspecified atom stereocenters. The molecule has 3 N–H and O–H groups in total. The number of carbonyl (C=O) groups excluding carboxylic acids is 1. The molecule has 0 saturated carbocycles. The number of para-hydroxylation sites is 1. The zero-order valence-corrected chi connectivity index (χ0v) is 12.8. The Bertz CT molecular complexity index is 656. The normalized spacial score (nSPS) is 10.1. The lowest BCUT2D eigenvalue weighted by Crippen LogP contribution is -2.28. The fourth-order valence-electron chi connectivity index (χ4n) is 2.00. The predicted molar refractivity (Wildman–Crippen MR) is 86.4 cm³/mol. The average molecular weight is 300 g/mol. The molecule has 0 spiro atoms. The molecule has 1 amide bonds. The molecular formula is C17H20N2O3. The van der Waals surface area contributed by atoms with E-state index in [1.165, 1.54) is 0 Å². The van der Waals surface area contributed by atoms with E-state index >= 15 is 0 Å². The number of aryl methyl sites for hydroxylation is 1. The largest absolute Gasteiger partial charge is 0.496 e. The molecule has 0 atom stereocenters. The van der Waals surface area contributed by atoms with Crippen LogP contribution in [-0.2, 0) is 0 Å². The zero-order chi connectivity index (χ0) is 15.9. The summed E-state index contributed by atoms with van der Waals surface area (Å²) in [5, 5.41) is 2.80. The van der Waals surface area contributed by atoms with Crippen LogP contribution in [0.2, 0.25) is 0 Å². The molecule has 0 radical (unpaired) electrons. The van der Waals surface area contributed by atoms with Gasteiger partial charge in [-0.05, 0) is 42.8 Å². The highest BCUT2D eigenvalue weighted by atomic mass is 16.5. The summed E-state index contributed by atoms with van der Waals surface area (Å²) in [6.45, 7) is 2.70. The van der Waals surface area contributed by atoms with Gasteiger partial charge in [-0.3, -0.25) is 4.79 Å². The second-order valence-corrected chi connectivity index (χ2v) is 4.82. The number of anilines is 1. The van der Waals surface area contributed by atoms with Gasteiger partial charge in [0, 0.05) is 5.69 Å². The molecule has 2 aromatic rings. The Kier molecular flexibility index (Phi) is 5.25.